The number of H-pyrrole nitrogens is 1. The van der Waals surface area contributed by atoms with Gasteiger partial charge in [-0.15, -0.1) is 0 Å². The van der Waals surface area contributed by atoms with Crippen molar-refractivity contribution < 1.29 is 4.79 Å². The van der Waals surface area contributed by atoms with Crippen LogP contribution in [-0.2, 0) is 4.79 Å². The van der Waals surface area contributed by atoms with Crippen LogP contribution >= 0.6 is 34.8 Å². The normalized spacial score (nSPS) is 11.4. The van der Waals surface area contributed by atoms with Crippen LogP contribution in [0.4, 0.5) is 5.82 Å². The standard InChI is InChI=1S/C6H6Cl3N3O/c1-6(8,9)5(13)10-4-2-3(7)11-12-4/h2H,1H3,(H2,10,11,12,13). The number of carbonyl (C=O) groups excluding carboxylic acids is 1. The lowest BCUT2D eigenvalue weighted by atomic mass is 10.4. The first-order chi connectivity index (χ1) is 5.89. The highest BCUT2D eigenvalue weighted by atomic mass is 35.5. The summed E-state index contributed by atoms with van der Waals surface area (Å²) in [5.74, 6) is -0.276. The second-order valence-electron chi connectivity index (χ2n) is 2.44. The zero-order valence-electron chi connectivity index (χ0n) is 6.57. The van der Waals surface area contributed by atoms with E-state index in [0.717, 1.165) is 0 Å². The van der Waals surface area contributed by atoms with Crippen LogP contribution in [0.15, 0.2) is 6.07 Å². The maximum atomic E-state index is 11.2. The van der Waals surface area contributed by atoms with E-state index in [1.807, 2.05) is 0 Å². The molecule has 1 aromatic heterocycles. The second-order valence-corrected chi connectivity index (χ2v) is 4.56. The Kier molecular flexibility index (Phi) is 3.05. The number of amides is 1. The fourth-order valence-electron chi connectivity index (χ4n) is 0.588. The van der Waals surface area contributed by atoms with Gasteiger partial charge in [-0.3, -0.25) is 9.89 Å². The predicted octanol–water partition coefficient (Wildman–Crippen LogP) is 2.20. The average molecular weight is 242 g/mol. The molecule has 0 fully saturated rings. The summed E-state index contributed by atoms with van der Waals surface area (Å²) in [7, 11) is 0. The molecular weight excluding hydrogens is 236 g/mol. The number of alkyl halides is 2. The summed E-state index contributed by atoms with van der Waals surface area (Å²) in [5.41, 5.74) is 0. The molecule has 0 atom stereocenters. The van der Waals surface area contributed by atoms with Crippen molar-refractivity contribution in [2.45, 2.75) is 11.3 Å². The molecule has 13 heavy (non-hydrogen) atoms. The lowest BCUT2D eigenvalue weighted by molar-refractivity contribution is -0.116. The molecule has 0 saturated heterocycles. The van der Waals surface area contributed by atoms with Gasteiger partial charge in [0.25, 0.3) is 5.91 Å². The van der Waals surface area contributed by atoms with Crippen molar-refractivity contribution in [2.75, 3.05) is 5.32 Å². The molecule has 2 N–H and O–H groups in total. The van der Waals surface area contributed by atoms with E-state index in [1.165, 1.54) is 13.0 Å². The highest BCUT2D eigenvalue weighted by molar-refractivity contribution is 6.58. The van der Waals surface area contributed by atoms with E-state index < -0.39 is 10.2 Å². The number of hydrogen-bond acceptors (Lipinski definition) is 2. The Balaban J connectivity index is 2.65. The maximum absolute atomic E-state index is 11.2. The Morgan fingerprint density at radius 1 is 1.69 bits per heavy atom. The van der Waals surface area contributed by atoms with Crippen LogP contribution in [0.3, 0.4) is 0 Å². The third-order valence-corrected chi connectivity index (χ3v) is 1.72. The van der Waals surface area contributed by atoms with Crippen molar-refractivity contribution in [1.29, 1.82) is 0 Å². The first-order valence-electron chi connectivity index (χ1n) is 3.30. The Morgan fingerprint density at radius 3 is 2.69 bits per heavy atom. The van der Waals surface area contributed by atoms with E-state index in [0.29, 0.717) is 5.15 Å². The molecule has 1 heterocycles. The van der Waals surface area contributed by atoms with E-state index in [4.69, 9.17) is 34.8 Å². The minimum absolute atomic E-state index is 0.280. The minimum atomic E-state index is -1.48. The van der Waals surface area contributed by atoms with Crippen LogP contribution in [0.1, 0.15) is 6.92 Å². The highest BCUT2D eigenvalue weighted by Crippen LogP contribution is 2.21. The van der Waals surface area contributed by atoms with Crippen LogP contribution in [-0.4, -0.2) is 20.4 Å². The Hall–Kier alpha value is -0.450. The van der Waals surface area contributed by atoms with Gasteiger partial charge in [0, 0.05) is 6.07 Å². The Bertz CT molecular complexity index is 317. The van der Waals surface area contributed by atoms with Crippen LogP contribution in [0.2, 0.25) is 5.15 Å². The van der Waals surface area contributed by atoms with Gasteiger partial charge in [-0.1, -0.05) is 34.8 Å². The van der Waals surface area contributed by atoms with Gasteiger partial charge in [-0.25, -0.2) is 0 Å². The van der Waals surface area contributed by atoms with Crippen LogP contribution in [0.5, 0.6) is 0 Å². The van der Waals surface area contributed by atoms with Gasteiger partial charge in [0.2, 0.25) is 0 Å². The molecule has 4 nitrogen and oxygen atoms in total. The van der Waals surface area contributed by atoms with Crippen molar-refractivity contribution in [2.24, 2.45) is 0 Å². The molecule has 72 valence electrons. The number of aromatic amines is 1. The Morgan fingerprint density at radius 2 is 2.31 bits per heavy atom. The summed E-state index contributed by atoms with van der Waals surface area (Å²) >= 11 is 16.6. The molecule has 1 rings (SSSR count). The lowest BCUT2D eigenvalue weighted by Crippen LogP contribution is -2.29. The monoisotopic (exact) mass is 241 g/mol. The van der Waals surface area contributed by atoms with Gasteiger partial charge < -0.3 is 5.32 Å². The van der Waals surface area contributed by atoms with E-state index in [9.17, 15) is 4.79 Å². The van der Waals surface area contributed by atoms with Gasteiger partial charge in [0.15, 0.2) is 10.2 Å². The van der Waals surface area contributed by atoms with E-state index in [2.05, 4.69) is 15.5 Å². The van der Waals surface area contributed by atoms with Crippen molar-refractivity contribution >= 4 is 46.5 Å². The molecule has 0 aliphatic carbocycles. The number of aromatic nitrogens is 2. The van der Waals surface area contributed by atoms with Gasteiger partial charge >= 0.3 is 0 Å². The largest absolute Gasteiger partial charge is 0.307 e. The predicted molar refractivity (Wildman–Crippen MR) is 52.3 cm³/mol. The molecule has 0 bridgehead atoms. The lowest BCUT2D eigenvalue weighted by Gasteiger charge is -2.10. The molecule has 0 radical (unpaired) electrons. The van der Waals surface area contributed by atoms with Crippen LogP contribution < -0.4 is 5.32 Å². The smallest absolute Gasteiger partial charge is 0.261 e. The summed E-state index contributed by atoms with van der Waals surface area (Å²) in [5, 5.41) is 8.80. The number of nitrogens with one attached hydrogen (secondary N) is 2. The number of rotatable bonds is 2. The second kappa shape index (κ2) is 3.74. The molecule has 1 amide bonds. The van der Waals surface area contributed by atoms with Gasteiger partial charge in [-0.05, 0) is 6.92 Å². The van der Waals surface area contributed by atoms with Crippen LogP contribution in [0, 0.1) is 0 Å². The molecule has 0 saturated carbocycles. The topological polar surface area (TPSA) is 57.8 Å². The summed E-state index contributed by atoms with van der Waals surface area (Å²) in [4.78, 5) is 11.2. The van der Waals surface area contributed by atoms with Crippen molar-refractivity contribution in [3.8, 4) is 0 Å². The molecule has 0 spiro atoms. The zero-order chi connectivity index (χ0) is 10.1. The average Bonchev–Trinajstić information content (AvgIpc) is 2.33. The zero-order valence-corrected chi connectivity index (χ0v) is 8.83. The fourth-order valence-corrected chi connectivity index (χ4v) is 0.828. The quantitative estimate of drug-likeness (QED) is 0.781. The van der Waals surface area contributed by atoms with Crippen LogP contribution in [0.25, 0.3) is 0 Å². The number of carbonyl (C=O) groups is 1. The molecule has 1 aromatic rings. The number of nitrogens with zero attached hydrogens (tertiary/aromatic N) is 1. The molecule has 0 aromatic carbocycles. The summed E-state index contributed by atoms with van der Waals surface area (Å²) < 4.78 is -1.48. The van der Waals surface area contributed by atoms with E-state index in [1.54, 1.807) is 0 Å². The van der Waals surface area contributed by atoms with Gasteiger partial charge in [0.1, 0.15) is 5.15 Å². The van der Waals surface area contributed by atoms with Gasteiger partial charge in [-0.2, -0.15) is 5.10 Å². The third kappa shape index (κ3) is 3.06. The van der Waals surface area contributed by atoms with E-state index in [-0.39, 0.29) is 5.82 Å². The number of anilines is 1. The Labute approximate surface area is 89.5 Å². The first kappa shape index (κ1) is 10.6. The van der Waals surface area contributed by atoms with Gasteiger partial charge in [0.05, 0.1) is 0 Å². The number of halogens is 3. The molecule has 0 aliphatic heterocycles. The highest BCUT2D eigenvalue weighted by Gasteiger charge is 2.27. The molecule has 0 aliphatic rings. The summed E-state index contributed by atoms with van der Waals surface area (Å²) in [6, 6.07) is 1.44. The fraction of sp³-hybridized carbons (Fsp3) is 0.333. The minimum Gasteiger partial charge on any atom is -0.307 e. The van der Waals surface area contributed by atoms with Crippen molar-refractivity contribution in [3.05, 3.63) is 11.2 Å². The summed E-state index contributed by atoms with van der Waals surface area (Å²) in [6.07, 6.45) is 0. The summed E-state index contributed by atoms with van der Waals surface area (Å²) in [6.45, 7) is 1.36. The number of hydrogen-bond donors (Lipinski definition) is 2. The molecule has 7 heteroatoms. The third-order valence-electron chi connectivity index (χ3n) is 1.19. The molecular formula is C6H6Cl3N3O. The van der Waals surface area contributed by atoms with Crippen molar-refractivity contribution in [3.63, 3.8) is 0 Å². The molecule has 0 unspecified atom stereocenters. The SMILES string of the molecule is CC(Cl)(Cl)C(=O)Nc1cc(Cl)[nH]n1. The van der Waals surface area contributed by atoms with Crippen molar-refractivity contribution in [1.82, 2.24) is 10.2 Å². The van der Waals surface area contributed by atoms with E-state index >= 15 is 0 Å². The maximum Gasteiger partial charge on any atom is 0.261 e. The first-order valence-corrected chi connectivity index (χ1v) is 4.43.